The summed E-state index contributed by atoms with van der Waals surface area (Å²) in [7, 11) is 0. The first kappa shape index (κ1) is 13.0. The molecule has 0 aliphatic heterocycles. The van der Waals surface area contributed by atoms with Gasteiger partial charge in [0.05, 0.1) is 12.7 Å². The molecule has 0 aromatic carbocycles. The second-order valence-electron chi connectivity index (χ2n) is 5.04. The molecule has 0 bridgehead atoms. The zero-order chi connectivity index (χ0) is 12.8. The molecule has 0 N–H and O–H groups in total. The Bertz CT molecular complexity index is 425. The lowest BCUT2D eigenvalue weighted by Crippen LogP contribution is -2.22. The number of hydrogen-bond acceptors (Lipinski definition) is 3. The molecule has 2 unspecified atom stereocenters. The average molecular weight is 244 g/mol. The van der Waals surface area contributed by atoms with Gasteiger partial charge in [-0.15, -0.1) is 0 Å². The van der Waals surface area contributed by atoms with Crippen LogP contribution in [0.1, 0.15) is 50.3 Å². The highest BCUT2D eigenvalue weighted by molar-refractivity contribution is 5.24. The Hall–Kier alpha value is -1.40. The molecule has 1 aromatic rings. The minimum Gasteiger partial charge on any atom is -0.374 e. The van der Waals surface area contributed by atoms with E-state index in [-0.39, 0.29) is 0 Å². The first-order chi connectivity index (χ1) is 8.81. The number of hydrogen-bond donors (Lipinski definition) is 0. The molecule has 1 heterocycles. The van der Waals surface area contributed by atoms with E-state index in [9.17, 15) is 0 Å². The molecular formula is C15H20N2O. The van der Waals surface area contributed by atoms with E-state index in [0.29, 0.717) is 18.4 Å². The van der Waals surface area contributed by atoms with Crippen LogP contribution >= 0.6 is 0 Å². The van der Waals surface area contributed by atoms with Gasteiger partial charge in [0.25, 0.3) is 0 Å². The molecule has 2 rings (SSSR count). The van der Waals surface area contributed by atoms with Crippen LogP contribution in [0.25, 0.3) is 0 Å². The Morgan fingerprint density at radius 2 is 2.39 bits per heavy atom. The van der Waals surface area contributed by atoms with Crippen LogP contribution in [0.5, 0.6) is 0 Å². The van der Waals surface area contributed by atoms with Crippen molar-refractivity contribution in [1.82, 2.24) is 4.98 Å². The van der Waals surface area contributed by atoms with Gasteiger partial charge in [0.2, 0.25) is 0 Å². The first-order valence-corrected chi connectivity index (χ1v) is 6.78. The maximum atomic E-state index is 8.79. The van der Waals surface area contributed by atoms with Crippen molar-refractivity contribution >= 4 is 0 Å². The summed E-state index contributed by atoms with van der Waals surface area (Å²) in [5, 5.41) is 8.79. The highest BCUT2D eigenvalue weighted by Gasteiger charge is 2.21. The first-order valence-electron chi connectivity index (χ1n) is 6.78. The van der Waals surface area contributed by atoms with Gasteiger partial charge in [-0.2, -0.15) is 5.26 Å². The lowest BCUT2D eigenvalue weighted by Gasteiger charge is -2.28. The topological polar surface area (TPSA) is 45.9 Å². The Morgan fingerprint density at radius 3 is 3.17 bits per heavy atom. The lowest BCUT2D eigenvalue weighted by molar-refractivity contribution is 0.00173. The molecule has 1 saturated carbocycles. The monoisotopic (exact) mass is 244 g/mol. The van der Waals surface area contributed by atoms with Gasteiger partial charge in [-0.3, -0.25) is 0 Å². The van der Waals surface area contributed by atoms with Crippen LogP contribution in [0.4, 0.5) is 0 Å². The van der Waals surface area contributed by atoms with Crippen molar-refractivity contribution in [1.29, 1.82) is 5.26 Å². The van der Waals surface area contributed by atoms with E-state index in [4.69, 9.17) is 10.00 Å². The molecule has 2 atom stereocenters. The van der Waals surface area contributed by atoms with E-state index in [1.807, 2.05) is 6.07 Å². The molecule has 96 valence electrons. The van der Waals surface area contributed by atoms with Crippen molar-refractivity contribution in [3.63, 3.8) is 0 Å². The molecule has 1 fully saturated rings. The Balaban J connectivity index is 1.85. The zero-order valence-corrected chi connectivity index (χ0v) is 10.9. The lowest BCUT2D eigenvalue weighted by atomic mass is 9.85. The second-order valence-corrected chi connectivity index (χ2v) is 5.04. The normalized spacial score (nSPS) is 23.6. The third kappa shape index (κ3) is 3.54. The summed E-state index contributed by atoms with van der Waals surface area (Å²) in [5.41, 5.74) is 1.51. The molecule has 1 aliphatic carbocycles. The summed E-state index contributed by atoms with van der Waals surface area (Å²) in [6, 6.07) is 5.78. The van der Waals surface area contributed by atoms with Crippen LogP contribution in [0, 0.1) is 17.2 Å². The van der Waals surface area contributed by atoms with Gasteiger partial charge in [-0.1, -0.05) is 26.2 Å². The van der Waals surface area contributed by atoms with E-state index >= 15 is 0 Å². The van der Waals surface area contributed by atoms with E-state index in [1.165, 1.54) is 32.1 Å². The number of aromatic nitrogens is 1. The van der Waals surface area contributed by atoms with Crippen LogP contribution in [0.2, 0.25) is 0 Å². The molecule has 1 aliphatic rings. The summed E-state index contributed by atoms with van der Waals surface area (Å²) in [6.45, 7) is 2.85. The van der Waals surface area contributed by atoms with Crippen molar-refractivity contribution in [2.24, 2.45) is 5.92 Å². The fourth-order valence-corrected chi connectivity index (χ4v) is 2.60. The predicted molar refractivity (Wildman–Crippen MR) is 69.8 cm³/mol. The molecule has 0 radical (unpaired) electrons. The van der Waals surface area contributed by atoms with Gasteiger partial charge in [0.15, 0.2) is 0 Å². The van der Waals surface area contributed by atoms with Gasteiger partial charge in [-0.05, 0) is 36.5 Å². The zero-order valence-electron chi connectivity index (χ0n) is 10.9. The smallest absolute Gasteiger partial charge is 0.140 e. The molecule has 18 heavy (non-hydrogen) atoms. The molecular weight excluding hydrogens is 224 g/mol. The highest BCUT2D eigenvalue weighted by atomic mass is 16.5. The van der Waals surface area contributed by atoms with Gasteiger partial charge >= 0.3 is 0 Å². The van der Waals surface area contributed by atoms with E-state index < -0.39 is 0 Å². The van der Waals surface area contributed by atoms with Gasteiger partial charge in [0.1, 0.15) is 11.8 Å². The molecule has 1 aromatic heterocycles. The minimum absolute atomic E-state index is 0.391. The largest absolute Gasteiger partial charge is 0.374 e. The fourth-order valence-electron chi connectivity index (χ4n) is 2.60. The van der Waals surface area contributed by atoms with Crippen molar-refractivity contribution in [3.8, 4) is 6.07 Å². The average Bonchev–Trinajstić information content (AvgIpc) is 2.45. The Labute approximate surface area is 109 Å². The third-order valence-corrected chi connectivity index (χ3v) is 3.74. The highest BCUT2D eigenvalue weighted by Crippen LogP contribution is 2.28. The number of nitrogens with zero attached hydrogens (tertiary/aromatic N) is 2. The minimum atomic E-state index is 0.391. The standard InChI is InChI=1S/C15H20N2O/c1-2-12-4-3-5-15(9-12)18-11-13-6-7-17-14(8-13)10-16/h6-8,12,15H,2-5,9,11H2,1H3. The van der Waals surface area contributed by atoms with Gasteiger partial charge < -0.3 is 4.74 Å². The summed E-state index contributed by atoms with van der Waals surface area (Å²) in [6.07, 6.45) is 8.31. The number of nitriles is 1. The molecule has 0 spiro atoms. The van der Waals surface area contributed by atoms with Gasteiger partial charge in [-0.25, -0.2) is 4.98 Å². The Kier molecular flexibility index (Phi) is 4.72. The summed E-state index contributed by atoms with van der Waals surface area (Å²) in [4.78, 5) is 3.96. The quantitative estimate of drug-likeness (QED) is 0.815. The van der Waals surface area contributed by atoms with Crippen molar-refractivity contribution in [2.45, 2.75) is 51.7 Å². The van der Waals surface area contributed by atoms with Crippen LogP contribution in [-0.4, -0.2) is 11.1 Å². The third-order valence-electron chi connectivity index (χ3n) is 3.74. The fraction of sp³-hybridized carbons (Fsp3) is 0.600. The summed E-state index contributed by atoms with van der Waals surface area (Å²) < 4.78 is 5.96. The van der Waals surface area contributed by atoms with E-state index in [2.05, 4.69) is 18.0 Å². The second kappa shape index (κ2) is 6.51. The van der Waals surface area contributed by atoms with Crippen LogP contribution in [-0.2, 0) is 11.3 Å². The van der Waals surface area contributed by atoms with Gasteiger partial charge in [0, 0.05) is 6.20 Å². The van der Waals surface area contributed by atoms with Crippen LogP contribution < -0.4 is 0 Å². The van der Waals surface area contributed by atoms with Crippen molar-refractivity contribution in [2.75, 3.05) is 0 Å². The Morgan fingerprint density at radius 1 is 1.50 bits per heavy atom. The SMILES string of the molecule is CCC1CCCC(OCc2ccnc(C#N)c2)C1. The van der Waals surface area contributed by atoms with Crippen LogP contribution in [0.15, 0.2) is 18.3 Å². The van der Waals surface area contributed by atoms with Crippen molar-refractivity contribution in [3.05, 3.63) is 29.6 Å². The van der Waals surface area contributed by atoms with E-state index in [1.54, 1.807) is 12.3 Å². The molecule has 0 saturated heterocycles. The summed E-state index contributed by atoms with van der Waals surface area (Å²) >= 11 is 0. The number of pyridine rings is 1. The molecule has 3 heteroatoms. The van der Waals surface area contributed by atoms with Crippen LogP contribution in [0.3, 0.4) is 0 Å². The number of rotatable bonds is 4. The predicted octanol–water partition coefficient (Wildman–Crippen LogP) is 3.44. The van der Waals surface area contributed by atoms with Crippen molar-refractivity contribution < 1.29 is 4.74 Å². The number of ether oxygens (including phenoxy) is 1. The van der Waals surface area contributed by atoms with E-state index in [0.717, 1.165) is 11.5 Å². The molecule has 0 amide bonds. The molecule has 3 nitrogen and oxygen atoms in total. The maximum absolute atomic E-state index is 8.79. The maximum Gasteiger partial charge on any atom is 0.140 e. The summed E-state index contributed by atoms with van der Waals surface area (Å²) in [5.74, 6) is 0.829.